The molecule has 1 aromatic heterocycles. The number of imidazole rings is 1. The van der Waals surface area contributed by atoms with Gasteiger partial charge in [0.1, 0.15) is 11.6 Å². The second kappa shape index (κ2) is 5.48. The van der Waals surface area contributed by atoms with Gasteiger partial charge in [-0.15, -0.1) is 0 Å². The van der Waals surface area contributed by atoms with Crippen LogP contribution >= 0.6 is 0 Å². The smallest absolute Gasteiger partial charge is 0.125 e. The van der Waals surface area contributed by atoms with Gasteiger partial charge < -0.3 is 9.88 Å². The number of aryl methyl sites for hydroxylation is 1. The second-order valence-electron chi connectivity index (χ2n) is 4.76. The van der Waals surface area contributed by atoms with Crippen LogP contribution in [0.25, 0.3) is 11.0 Å². The van der Waals surface area contributed by atoms with Crippen LogP contribution in [0.15, 0.2) is 18.2 Å². The van der Waals surface area contributed by atoms with Gasteiger partial charge in [-0.25, -0.2) is 9.37 Å². The molecule has 0 saturated heterocycles. The highest BCUT2D eigenvalue weighted by Crippen LogP contribution is 2.17. The van der Waals surface area contributed by atoms with Crippen molar-refractivity contribution in [1.29, 1.82) is 0 Å². The van der Waals surface area contributed by atoms with Crippen molar-refractivity contribution in [2.45, 2.75) is 39.8 Å². The van der Waals surface area contributed by atoms with E-state index in [1.807, 2.05) is 0 Å². The van der Waals surface area contributed by atoms with Crippen molar-refractivity contribution in [3.8, 4) is 0 Å². The molecule has 0 saturated carbocycles. The number of halogens is 1. The Bertz CT molecular complexity index is 531. The number of fused-ring (bicyclic) bond motifs is 1. The lowest BCUT2D eigenvalue weighted by Crippen LogP contribution is -2.25. The monoisotopic (exact) mass is 249 g/mol. The average molecular weight is 249 g/mol. The predicted molar refractivity (Wildman–Crippen MR) is 72.2 cm³/mol. The van der Waals surface area contributed by atoms with Crippen molar-refractivity contribution in [3.63, 3.8) is 0 Å². The largest absolute Gasteiger partial charge is 0.328 e. The lowest BCUT2D eigenvalue weighted by atomic mass is 10.3. The summed E-state index contributed by atoms with van der Waals surface area (Å²) in [4.78, 5) is 4.58. The third-order valence-corrected chi connectivity index (χ3v) is 3.01. The Labute approximate surface area is 107 Å². The van der Waals surface area contributed by atoms with Gasteiger partial charge in [-0.1, -0.05) is 13.8 Å². The molecule has 0 aliphatic carbocycles. The maximum atomic E-state index is 13.3. The molecular weight excluding hydrogens is 229 g/mol. The second-order valence-corrected chi connectivity index (χ2v) is 4.76. The van der Waals surface area contributed by atoms with E-state index in [9.17, 15) is 4.39 Å². The first kappa shape index (κ1) is 13.0. The summed E-state index contributed by atoms with van der Waals surface area (Å²) in [6.45, 7) is 8.02. The van der Waals surface area contributed by atoms with Crippen LogP contribution in [0, 0.1) is 5.82 Å². The Kier molecular flexibility index (Phi) is 3.97. The highest BCUT2D eigenvalue weighted by Gasteiger charge is 2.10. The zero-order valence-electron chi connectivity index (χ0n) is 11.2. The topological polar surface area (TPSA) is 29.9 Å². The lowest BCUT2D eigenvalue weighted by Gasteiger charge is -2.09. The Balaban J connectivity index is 2.27. The molecular formula is C14H20FN3. The van der Waals surface area contributed by atoms with Crippen LogP contribution in [0.3, 0.4) is 0 Å². The molecule has 0 spiro atoms. The van der Waals surface area contributed by atoms with Crippen LogP contribution < -0.4 is 5.32 Å². The van der Waals surface area contributed by atoms with E-state index >= 15 is 0 Å². The highest BCUT2D eigenvalue weighted by atomic mass is 19.1. The molecule has 1 N–H and O–H groups in total. The van der Waals surface area contributed by atoms with E-state index in [-0.39, 0.29) is 5.82 Å². The van der Waals surface area contributed by atoms with Crippen molar-refractivity contribution in [1.82, 2.24) is 14.9 Å². The Morgan fingerprint density at radius 3 is 2.83 bits per heavy atom. The standard InChI is InChI=1S/C14H20FN3/c1-4-18-13-9-11(15)5-6-12(13)17-14(18)7-8-16-10(2)3/h5-6,9-10,16H,4,7-8H2,1-3H3. The fourth-order valence-corrected chi connectivity index (χ4v) is 2.16. The third kappa shape index (κ3) is 2.70. The first-order valence-electron chi connectivity index (χ1n) is 6.50. The molecule has 98 valence electrons. The molecule has 2 aromatic rings. The van der Waals surface area contributed by atoms with Gasteiger partial charge >= 0.3 is 0 Å². The normalized spacial score (nSPS) is 11.6. The first-order valence-corrected chi connectivity index (χ1v) is 6.50. The molecule has 1 aromatic carbocycles. The van der Waals surface area contributed by atoms with Crippen LogP contribution in [-0.4, -0.2) is 22.1 Å². The molecule has 0 unspecified atom stereocenters. The van der Waals surface area contributed by atoms with E-state index < -0.39 is 0 Å². The summed E-state index contributed by atoms with van der Waals surface area (Å²) in [6.07, 6.45) is 0.863. The van der Waals surface area contributed by atoms with E-state index in [0.29, 0.717) is 6.04 Å². The van der Waals surface area contributed by atoms with Gasteiger partial charge in [0, 0.05) is 25.6 Å². The maximum Gasteiger partial charge on any atom is 0.125 e. The number of nitrogens with zero attached hydrogens (tertiary/aromatic N) is 2. The Morgan fingerprint density at radius 1 is 1.39 bits per heavy atom. The predicted octanol–water partition coefficient (Wildman–Crippen LogP) is 2.74. The van der Waals surface area contributed by atoms with Crippen molar-refractivity contribution in [2.75, 3.05) is 6.54 Å². The fraction of sp³-hybridized carbons (Fsp3) is 0.500. The summed E-state index contributed by atoms with van der Waals surface area (Å²) in [5, 5.41) is 3.37. The molecule has 0 radical (unpaired) electrons. The molecule has 0 aliphatic rings. The fourth-order valence-electron chi connectivity index (χ4n) is 2.16. The third-order valence-electron chi connectivity index (χ3n) is 3.01. The van der Waals surface area contributed by atoms with Gasteiger partial charge in [0.15, 0.2) is 0 Å². The molecule has 0 fully saturated rings. The van der Waals surface area contributed by atoms with Crippen LogP contribution in [0.5, 0.6) is 0 Å². The summed E-state index contributed by atoms with van der Waals surface area (Å²) < 4.78 is 15.4. The summed E-state index contributed by atoms with van der Waals surface area (Å²) in [5.41, 5.74) is 1.76. The van der Waals surface area contributed by atoms with Crippen LogP contribution in [0.1, 0.15) is 26.6 Å². The summed E-state index contributed by atoms with van der Waals surface area (Å²) in [6, 6.07) is 5.24. The van der Waals surface area contributed by atoms with E-state index in [4.69, 9.17) is 0 Å². The zero-order chi connectivity index (χ0) is 13.1. The lowest BCUT2D eigenvalue weighted by molar-refractivity contribution is 0.573. The van der Waals surface area contributed by atoms with E-state index in [1.165, 1.54) is 6.07 Å². The van der Waals surface area contributed by atoms with Gasteiger partial charge in [0.05, 0.1) is 11.0 Å². The average Bonchev–Trinajstić information content (AvgIpc) is 2.65. The quantitative estimate of drug-likeness (QED) is 0.883. The number of hydrogen-bond donors (Lipinski definition) is 1. The number of rotatable bonds is 5. The number of nitrogens with one attached hydrogen (secondary N) is 1. The van der Waals surface area contributed by atoms with Gasteiger partial charge in [0.25, 0.3) is 0 Å². The molecule has 0 bridgehead atoms. The van der Waals surface area contributed by atoms with Crippen LogP contribution in [0.4, 0.5) is 4.39 Å². The zero-order valence-corrected chi connectivity index (χ0v) is 11.2. The maximum absolute atomic E-state index is 13.3. The summed E-state index contributed by atoms with van der Waals surface area (Å²) in [5.74, 6) is 0.815. The Morgan fingerprint density at radius 2 is 2.17 bits per heavy atom. The van der Waals surface area contributed by atoms with E-state index in [0.717, 1.165) is 36.4 Å². The Hall–Kier alpha value is -1.42. The molecule has 3 nitrogen and oxygen atoms in total. The van der Waals surface area contributed by atoms with E-state index in [1.54, 1.807) is 12.1 Å². The number of hydrogen-bond acceptors (Lipinski definition) is 2. The molecule has 0 aliphatic heterocycles. The molecule has 0 amide bonds. The minimum atomic E-state index is -0.205. The van der Waals surface area contributed by atoms with Crippen LogP contribution in [0.2, 0.25) is 0 Å². The molecule has 1 heterocycles. The number of benzene rings is 1. The minimum Gasteiger partial charge on any atom is -0.328 e. The minimum absolute atomic E-state index is 0.205. The SMILES string of the molecule is CCn1c(CCNC(C)C)nc2ccc(F)cc21. The van der Waals surface area contributed by atoms with Crippen molar-refractivity contribution in [3.05, 3.63) is 29.8 Å². The van der Waals surface area contributed by atoms with Gasteiger partial charge in [-0.3, -0.25) is 0 Å². The summed E-state index contributed by atoms with van der Waals surface area (Å²) >= 11 is 0. The summed E-state index contributed by atoms with van der Waals surface area (Å²) in [7, 11) is 0. The molecule has 2 rings (SSSR count). The number of aromatic nitrogens is 2. The van der Waals surface area contributed by atoms with Crippen molar-refractivity contribution >= 4 is 11.0 Å². The molecule has 18 heavy (non-hydrogen) atoms. The highest BCUT2D eigenvalue weighted by molar-refractivity contribution is 5.76. The van der Waals surface area contributed by atoms with Gasteiger partial charge in [0.2, 0.25) is 0 Å². The van der Waals surface area contributed by atoms with Gasteiger partial charge in [-0.05, 0) is 25.1 Å². The van der Waals surface area contributed by atoms with E-state index in [2.05, 4.69) is 35.6 Å². The molecule has 4 heteroatoms. The van der Waals surface area contributed by atoms with Crippen molar-refractivity contribution < 1.29 is 4.39 Å². The van der Waals surface area contributed by atoms with Crippen molar-refractivity contribution in [2.24, 2.45) is 0 Å². The van der Waals surface area contributed by atoms with Gasteiger partial charge in [-0.2, -0.15) is 0 Å². The van der Waals surface area contributed by atoms with Crippen LogP contribution in [-0.2, 0) is 13.0 Å². The molecule has 0 atom stereocenters. The first-order chi connectivity index (χ1) is 8.61.